The van der Waals surface area contributed by atoms with Gasteiger partial charge >= 0.3 is 0 Å². The highest BCUT2D eigenvalue weighted by Gasteiger charge is 2.24. The highest BCUT2D eigenvalue weighted by Crippen LogP contribution is 2.13. The zero-order valence-electron chi connectivity index (χ0n) is 6.99. The van der Waals surface area contributed by atoms with Crippen molar-refractivity contribution in [1.82, 2.24) is 4.90 Å². The summed E-state index contributed by atoms with van der Waals surface area (Å²) in [6.45, 7) is 0. The Balaban J connectivity index is 3.19. The smallest absolute Gasteiger partial charge is 0.215 e. The number of rotatable bonds is 4. The van der Waals surface area contributed by atoms with Crippen molar-refractivity contribution < 1.29 is 19.2 Å². The van der Waals surface area contributed by atoms with E-state index < -0.39 is 6.04 Å². The van der Waals surface area contributed by atoms with E-state index in [1.54, 1.807) is 0 Å². The first-order chi connectivity index (χ1) is 6.78. The molecule has 1 heterocycles. The molecule has 0 N–H and O–H groups in total. The number of nitrogens with zero attached hydrogens (tertiary/aromatic N) is 2. The summed E-state index contributed by atoms with van der Waals surface area (Å²) in [6, 6.07) is -0.920. The van der Waals surface area contributed by atoms with Crippen LogP contribution in [0.1, 0.15) is 0 Å². The lowest BCUT2D eigenvalue weighted by Crippen LogP contribution is -2.39. The molecule has 0 saturated heterocycles. The molecule has 0 radical (unpaired) electrons. The number of hydrogen-bond acceptors (Lipinski definition) is 5. The number of allylic oxidation sites excluding steroid dienone is 2. The van der Waals surface area contributed by atoms with Gasteiger partial charge in [-0.15, -0.1) is 0 Å². The molecule has 0 spiro atoms. The van der Waals surface area contributed by atoms with Crippen molar-refractivity contribution in [2.75, 3.05) is 0 Å². The number of carbonyl (C=O) groups excluding carboxylic acids is 4. The van der Waals surface area contributed by atoms with Crippen LogP contribution in [0.25, 0.3) is 0 Å². The van der Waals surface area contributed by atoms with Gasteiger partial charge in [0.1, 0.15) is 23.7 Å². The number of aliphatic imine (C=N–C) groups is 1. The monoisotopic (exact) mass is 194 g/mol. The van der Waals surface area contributed by atoms with E-state index in [0.717, 1.165) is 11.1 Å². The van der Waals surface area contributed by atoms with Crippen LogP contribution >= 0.6 is 0 Å². The fourth-order valence-electron chi connectivity index (χ4n) is 1.03. The zero-order chi connectivity index (χ0) is 10.6. The van der Waals surface area contributed by atoms with Crippen molar-refractivity contribution in [2.24, 2.45) is 4.99 Å². The summed E-state index contributed by atoms with van der Waals surface area (Å²) in [7, 11) is 0. The number of carbonyl (C=O) groups is 4. The van der Waals surface area contributed by atoms with Gasteiger partial charge in [-0.3, -0.25) is 24.3 Å². The third kappa shape index (κ3) is 1.49. The number of amides is 1. The van der Waals surface area contributed by atoms with Crippen molar-refractivity contribution in [1.29, 1.82) is 0 Å². The van der Waals surface area contributed by atoms with Crippen molar-refractivity contribution in [3.63, 3.8) is 0 Å². The van der Waals surface area contributed by atoms with Crippen molar-refractivity contribution >= 4 is 31.5 Å². The molecule has 6 heteroatoms. The van der Waals surface area contributed by atoms with E-state index in [9.17, 15) is 19.2 Å². The molecule has 1 aliphatic heterocycles. The molecule has 0 aliphatic carbocycles. The summed E-state index contributed by atoms with van der Waals surface area (Å²) in [5.41, 5.74) is -0.361. The van der Waals surface area contributed by atoms with Crippen LogP contribution in [0.3, 0.4) is 0 Å². The van der Waals surface area contributed by atoms with Gasteiger partial charge in [-0.2, -0.15) is 0 Å². The van der Waals surface area contributed by atoms with Crippen LogP contribution in [0.15, 0.2) is 16.4 Å². The Labute approximate surface area is 78.9 Å². The minimum Gasteiger partial charge on any atom is -0.301 e. The molecular formula is C8H6N2O4. The van der Waals surface area contributed by atoms with Crippen LogP contribution in [0.4, 0.5) is 0 Å². The SMILES string of the molecule is O=CC1=C(C=O)N(C=O)C(C=O)C=N1. The lowest BCUT2D eigenvalue weighted by Gasteiger charge is -2.23. The Hall–Kier alpha value is -2.11. The van der Waals surface area contributed by atoms with Gasteiger partial charge in [0.05, 0.1) is 0 Å². The summed E-state index contributed by atoms with van der Waals surface area (Å²) >= 11 is 0. The van der Waals surface area contributed by atoms with Crippen molar-refractivity contribution in [2.45, 2.75) is 6.04 Å². The van der Waals surface area contributed by atoms with Gasteiger partial charge < -0.3 is 4.79 Å². The summed E-state index contributed by atoms with van der Waals surface area (Å²) in [4.78, 5) is 46.4. The topological polar surface area (TPSA) is 83.9 Å². The number of aldehydes is 3. The first-order valence-corrected chi connectivity index (χ1v) is 3.66. The Morgan fingerprint density at radius 1 is 1.21 bits per heavy atom. The molecule has 0 aromatic rings. The van der Waals surface area contributed by atoms with Gasteiger partial charge in [0, 0.05) is 6.21 Å². The molecule has 1 unspecified atom stereocenters. The van der Waals surface area contributed by atoms with E-state index in [-0.39, 0.29) is 11.4 Å². The maximum atomic E-state index is 10.6. The van der Waals surface area contributed by atoms with Gasteiger partial charge in [-0.1, -0.05) is 0 Å². The van der Waals surface area contributed by atoms with Crippen molar-refractivity contribution in [3.05, 3.63) is 11.4 Å². The van der Waals surface area contributed by atoms with Crippen LogP contribution in [-0.4, -0.2) is 42.4 Å². The minimum absolute atomic E-state index is 0.162. The largest absolute Gasteiger partial charge is 0.301 e. The second-order valence-electron chi connectivity index (χ2n) is 2.42. The van der Waals surface area contributed by atoms with E-state index in [2.05, 4.69) is 4.99 Å². The molecule has 72 valence electrons. The standard InChI is InChI=1S/C8H6N2O4/c11-2-6-1-9-7(3-12)8(4-13)10(6)5-14/h1-6H. The molecule has 0 bridgehead atoms. The van der Waals surface area contributed by atoms with Gasteiger partial charge in [-0.05, 0) is 0 Å². The fraction of sp³-hybridized carbons (Fsp3) is 0.125. The van der Waals surface area contributed by atoms with E-state index in [1.165, 1.54) is 0 Å². The Morgan fingerprint density at radius 3 is 2.36 bits per heavy atom. The first kappa shape index (κ1) is 9.97. The van der Waals surface area contributed by atoms with Gasteiger partial charge in [-0.25, -0.2) is 0 Å². The summed E-state index contributed by atoms with van der Waals surface area (Å²) < 4.78 is 0. The molecule has 1 rings (SSSR count). The summed E-state index contributed by atoms with van der Waals surface area (Å²) in [5.74, 6) is 0. The molecule has 1 atom stereocenters. The zero-order valence-corrected chi connectivity index (χ0v) is 6.99. The second kappa shape index (κ2) is 4.22. The van der Waals surface area contributed by atoms with E-state index in [4.69, 9.17) is 0 Å². The predicted octanol–water partition coefficient (Wildman–Crippen LogP) is -1.29. The molecule has 6 nitrogen and oxygen atoms in total. The molecular weight excluding hydrogens is 188 g/mol. The van der Waals surface area contributed by atoms with E-state index >= 15 is 0 Å². The molecule has 14 heavy (non-hydrogen) atoms. The Morgan fingerprint density at radius 2 is 1.93 bits per heavy atom. The molecule has 1 amide bonds. The Kier molecular flexibility index (Phi) is 3.01. The van der Waals surface area contributed by atoms with Crippen molar-refractivity contribution in [3.8, 4) is 0 Å². The molecule has 1 aliphatic rings. The third-order valence-corrected chi connectivity index (χ3v) is 1.70. The highest BCUT2D eigenvalue weighted by molar-refractivity contribution is 5.98. The average molecular weight is 194 g/mol. The lowest BCUT2D eigenvalue weighted by atomic mass is 10.2. The van der Waals surface area contributed by atoms with Crippen LogP contribution in [0.2, 0.25) is 0 Å². The lowest BCUT2D eigenvalue weighted by molar-refractivity contribution is -0.123. The summed E-state index contributed by atoms with van der Waals surface area (Å²) in [6.07, 6.45) is 2.53. The average Bonchev–Trinajstić information content (AvgIpc) is 2.26. The van der Waals surface area contributed by atoms with Gasteiger partial charge in [0.15, 0.2) is 12.6 Å². The van der Waals surface area contributed by atoms with Gasteiger partial charge in [0.2, 0.25) is 6.41 Å². The van der Waals surface area contributed by atoms with E-state index in [1.807, 2.05) is 0 Å². The van der Waals surface area contributed by atoms with Crippen LogP contribution in [-0.2, 0) is 19.2 Å². The van der Waals surface area contributed by atoms with Crippen LogP contribution < -0.4 is 0 Å². The normalized spacial score (nSPS) is 20.6. The minimum atomic E-state index is -0.920. The van der Waals surface area contributed by atoms with Gasteiger partial charge in [0.25, 0.3) is 0 Å². The molecule has 0 aromatic heterocycles. The number of hydrogen-bond donors (Lipinski definition) is 0. The maximum Gasteiger partial charge on any atom is 0.215 e. The predicted molar refractivity (Wildman–Crippen MR) is 45.4 cm³/mol. The van der Waals surface area contributed by atoms with Crippen LogP contribution in [0.5, 0.6) is 0 Å². The second-order valence-corrected chi connectivity index (χ2v) is 2.42. The van der Waals surface area contributed by atoms with E-state index in [0.29, 0.717) is 25.3 Å². The fourth-order valence-corrected chi connectivity index (χ4v) is 1.03. The van der Waals surface area contributed by atoms with Crippen LogP contribution in [0, 0.1) is 0 Å². The highest BCUT2D eigenvalue weighted by atomic mass is 16.2. The Bertz CT molecular complexity index is 345. The molecule has 0 fully saturated rings. The third-order valence-electron chi connectivity index (χ3n) is 1.70. The molecule has 0 aromatic carbocycles. The maximum absolute atomic E-state index is 10.6. The summed E-state index contributed by atoms with van der Waals surface area (Å²) in [5, 5.41) is 0. The molecule has 0 saturated carbocycles. The first-order valence-electron chi connectivity index (χ1n) is 3.66. The quantitative estimate of drug-likeness (QED) is 0.521.